The molecule has 0 amide bonds. The Kier molecular flexibility index (Phi) is 3.40. The number of hydrogen-bond acceptors (Lipinski definition) is 3. The Morgan fingerprint density at radius 1 is 1.60 bits per heavy atom. The second-order valence-electron chi connectivity index (χ2n) is 3.06. The minimum Gasteiger partial charge on any atom is -0.390 e. The molecule has 2 rings (SSSR count). The van der Waals surface area contributed by atoms with E-state index in [0.29, 0.717) is 11.3 Å². The largest absolute Gasteiger partial charge is 0.390 e. The van der Waals surface area contributed by atoms with E-state index in [1.807, 2.05) is 9.95 Å². The number of imidazole rings is 1. The standard InChI is InChI=1S/C9H9BrN2OS2/c10-6-1-8(15-5-6)3-12-7(4-13)2-11-9(12)14/h1-2,5,13H,3-4H2,(H,11,14). The first kappa shape index (κ1) is 11.1. The number of aliphatic hydroxyl groups is 1. The summed E-state index contributed by atoms with van der Waals surface area (Å²) < 4.78 is 3.62. The number of rotatable bonds is 3. The maximum atomic E-state index is 9.12. The molecule has 0 radical (unpaired) electrons. The van der Waals surface area contributed by atoms with E-state index in [9.17, 15) is 0 Å². The predicted octanol–water partition coefficient (Wildman–Crippen LogP) is 2.91. The van der Waals surface area contributed by atoms with Crippen molar-refractivity contribution in [3.05, 3.63) is 37.5 Å². The van der Waals surface area contributed by atoms with Crippen LogP contribution in [0.2, 0.25) is 0 Å². The van der Waals surface area contributed by atoms with Crippen molar-refractivity contribution in [3.8, 4) is 0 Å². The van der Waals surface area contributed by atoms with Crippen LogP contribution in [-0.2, 0) is 13.2 Å². The molecule has 2 aromatic rings. The van der Waals surface area contributed by atoms with Gasteiger partial charge in [0, 0.05) is 20.9 Å². The molecule has 0 aliphatic rings. The van der Waals surface area contributed by atoms with Crippen molar-refractivity contribution in [1.82, 2.24) is 9.55 Å². The third-order valence-corrected chi connectivity index (χ3v) is 4.07. The zero-order valence-electron chi connectivity index (χ0n) is 7.74. The molecule has 0 aliphatic carbocycles. The molecule has 0 unspecified atom stereocenters. The van der Waals surface area contributed by atoms with Crippen LogP contribution in [-0.4, -0.2) is 14.7 Å². The van der Waals surface area contributed by atoms with Gasteiger partial charge < -0.3 is 14.7 Å². The third-order valence-electron chi connectivity index (χ3n) is 2.05. The maximum absolute atomic E-state index is 9.12. The Labute approximate surface area is 105 Å². The number of H-pyrrole nitrogens is 1. The van der Waals surface area contributed by atoms with Crippen LogP contribution >= 0.6 is 39.5 Å². The van der Waals surface area contributed by atoms with E-state index in [0.717, 1.165) is 10.2 Å². The average Bonchev–Trinajstić information content (AvgIpc) is 2.76. The molecule has 3 nitrogen and oxygen atoms in total. The highest BCUT2D eigenvalue weighted by Gasteiger charge is 2.05. The lowest BCUT2D eigenvalue weighted by Crippen LogP contribution is -2.03. The van der Waals surface area contributed by atoms with E-state index in [1.54, 1.807) is 17.5 Å². The second-order valence-corrected chi connectivity index (χ2v) is 5.36. The van der Waals surface area contributed by atoms with Crippen LogP contribution in [0.1, 0.15) is 10.6 Å². The quantitative estimate of drug-likeness (QED) is 0.856. The smallest absolute Gasteiger partial charge is 0.177 e. The third kappa shape index (κ3) is 2.39. The van der Waals surface area contributed by atoms with Crippen LogP contribution in [0.25, 0.3) is 0 Å². The zero-order chi connectivity index (χ0) is 10.8. The van der Waals surface area contributed by atoms with Gasteiger partial charge in [0.1, 0.15) is 0 Å². The summed E-state index contributed by atoms with van der Waals surface area (Å²) in [6.07, 6.45) is 1.74. The molecule has 80 valence electrons. The van der Waals surface area contributed by atoms with E-state index in [1.165, 1.54) is 4.88 Å². The summed E-state index contributed by atoms with van der Waals surface area (Å²) in [5, 5.41) is 11.2. The first-order valence-electron chi connectivity index (χ1n) is 4.31. The number of aromatic nitrogens is 2. The number of halogens is 1. The van der Waals surface area contributed by atoms with E-state index in [2.05, 4.69) is 27.0 Å². The highest BCUT2D eigenvalue weighted by molar-refractivity contribution is 9.10. The Bertz CT molecular complexity index is 514. The summed E-state index contributed by atoms with van der Waals surface area (Å²) in [5.41, 5.74) is 0.810. The predicted molar refractivity (Wildman–Crippen MR) is 66.7 cm³/mol. The zero-order valence-corrected chi connectivity index (χ0v) is 11.0. The van der Waals surface area contributed by atoms with Crippen molar-refractivity contribution in [2.45, 2.75) is 13.2 Å². The minimum absolute atomic E-state index is 0.000313. The number of aliphatic hydroxyl groups excluding tert-OH is 1. The molecule has 0 fully saturated rings. The van der Waals surface area contributed by atoms with Gasteiger partial charge in [-0.1, -0.05) is 0 Å². The fourth-order valence-corrected chi connectivity index (χ4v) is 3.01. The van der Waals surface area contributed by atoms with Crippen LogP contribution in [0.4, 0.5) is 0 Å². The number of nitrogens with zero attached hydrogens (tertiary/aromatic N) is 1. The summed E-state index contributed by atoms with van der Waals surface area (Å²) >= 11 is 10.2. The lowest BCUT2D eigenvalue weighted by atomic mass is 10.4. The molecule has 0 aliphatic heterocycles. The van der Waals surface area contributed by atoms with Gasteiger partial charge in [-0.15, -0.1) is 11.3 Å². The average molecular weight is 305 g/mol. The summed E-state index contributed by atoms with van der Waals surface area (Å²) in [5.74, 6) is 0. The number of thiophene rings is 1. The molecular formula is C9H9BrN2OS2. The van der Waals surface area contributed by atoms with Gasteiger partial charge in [-0.25, -0.2) is 0 Å². The topological polar surface area (TPSA) is 40.9 Å². The van der Waals surface area contributed by atoms with Gasteiger partial charge in [-0.05, 0) is 34.2 Å². The summed E-state index contributed by atoms with van der Waals surface area (Å²) in [6, 6.07) is 2.06. The van der Waals surface area contributed by atoms with Crippen molar-refractivity contribution >= 4 is 39.5 Å². The van der Waals surface area contributed by atoms with Gasteiger partial charge in [-0.3, -0.25) is 0 Å². The lowest BCUT2D eigenvalue weighted by Gasteiger charge is -2.03. The van der Waals surface area contributed by atoms with E-state index >= 15 is 0 Å². The van der Waals surface area contributed by atoms with Crippen molar-refractivity contribution in [2.24, 2.45) is 0 Å². The van der Waals surface area contributed by atoms with Gasteiger partial charge in [0.2, 0.25) is 0 Å². The number of hydrogen-bond donors (Lipinski definition) is 2. The Morgan fingerprint density at radius 2 is 2.40 bits per heavy atom. The SMILES string of the molecule is OCc1c[nH]c(=S)n1Cc1cc(Br)cs1. The lowest BCUT2D eigenvalue weighted by molar-refractivity contribution is 0.271. The summed E-state index contributed by atoms with van der Waals surface area (Å²) in [7, 11) is 0. The van der Waals surface area contributed by atoms with Gasteiger partial charge in [-0.2, -0.15) is 0 Å². The molecule has 0 atom stereocenters. The van der Waals surface area contributed by atoms with Crippen LogP contribution in [0.5, 0.6) is 0 Å². The first-order valence-corrected chi connectivity index (χ1v) is 6.39. The molecule has 0 aromatic carbocycles. The molecule has 0 bridgehead atoms. The molecular weight excluding hydrogens is 296 g/mol. The van der Waals surface area contributed by atoms with Crippen LogP contribution in [0.15, 0.2) is 22.1 Å². The van der Waals surface area contributed by atoms with E-state index in [-0.39, 0.29) is 6.61 Å². The van der Waals surface area contributed by atoms with Crippen molar-refractivity contribution < 1.29 is 5.11 Å². The Hall–Kier alpha value is -0.430. The molecule has 2 N–H and O–H groups in total. The van der Waals surface area contributed by atoms with Gasteiger partial charge in [0.15, 0.2) is 4.77 Å². The van der Waals surface area contributed by atoms with Crippen molar-refractivity contribution in [1.29, 1.82) is 0 Å². The maximum Gasteiger partial charge on any atom is 0.177 e. The minimum atomic E-state index is -0.000313. The fourth-order valence-electron chi connectivity index (χ4n) is 1.33. The first-order chi connectivity index (χ1) is 7.20. The van der Waals surface area contributed by atoms with Crippen LogP contribution in [0.3, 0.4) is 0 Å². The molecule has 15 heavy (non-hydrogen) atoms. The number of nitrogens with one attached hydrogen (secondary N) is 1. The van der Waals surface area contributed by atoms with Crippen molar-refractivity contribution in [3.63, 3.8) is 0 Å². The normalized spacial score (nSPS) is 10.8. The summed E-state index contributed by atoms with van der Waals surface area (Å²) in [6.45, 7) is 0.703. The number of aromatic amines is 1. The molecule has 0 spiro atoms. The van der Waals surface area contributed by atoms with Crippen molar-refractivity contribution in [2.75, 3.05) is 0 Å². The highest BCUT2D eigenvalue weighted by Crippen LogP contribution is 2.21. The Morgan fingerprint density at radius 3 is 3.00 bits per heavy atom. The van der Waals surface area contributed by atoms with E-state index in [4.69, 9.17) is 17.3 Å². The molecule has 2 aromatic heterocycles. The molecule has 2 heterocycles. The second kappa shape index (κ2) is 4.61. The monoisotopic (exact) mass is 304 g/mol. The Balaban J connectivity index is 2.31. The van der Waals surface area contributed by atoms with Gasteiger partial charge in [0.25, 0.3) is 0 Å². The van der Waals surface area contributed by atoms with Gasteiger partial charge >= 0.3 is 0 Å². The fraction of sp³-hybridized carbons (Fsp3) is 0.222. The van der Waals surface area contributed by atoms with Crippen LogP contribution < -0.4 is 0 Å². The summed E-state index contributed by atoms with van der Waals surface area (Å²) in [4.78, 5) is 4.13. The highest BCUT2D eigenvalue weighted by atomic mass is 79.9. The molecule has 6 heteroatoms. The molecule has 0 saturated carbocycles. The van der Waals surface area contributed by atoms with Gasteiger partial charge in [0.05, 0.1) is 18.8 Å². The molecule has 0 saturated heterocycles. The van der Waals surface area contributed by atoms with Crippen LogP contribution in [0, 0.1) is 4.77 Å². The van der Waals surface area contributed by atoms with E-state index < -0.39 is 0 Å².